The Morgan fingerprint density at radius 2 is 1.41 bits per heavy atom. The molecule has 0 aliphatic heterocycles. The van der Waals surface area contributed by atoms with Crippen molar-refractivity contribution in [1.82, 2.24) is 0 Å². The van der Waals surface area contributed by atoms with Crippen molar-refractivity contribution in [3.63, 3.8) is 0 Å². The van der Waals surface area contributed by atoms with Gasteiger partial charge in [0, 0.05) is 5.56 Å². The van der Waals surface area contributed by atoms with Crippen LogP contribution in [-0.2, 0) is 26.7 Å². The van der Waals surface area contributed by atoms with Gasteiger partial charge in [0.05, 0.1) is 4.90 Å². The van der Waals surface area contributed by atoms with E-state index in [2.05, 4.69) is 0 Å². The highest BCUT2D eigenvalue weighted by atomic mass is 32.2. The second-order valence-electron chi connectivity index (χ2n) is 8.85. The number of hydrogen-bond acceptors (Lipinski definition) is 2. The van der Waals surface area contributed by atoms with Crippen LogP contribution >= 0.6 is 0 Å². The number of rotatable bonds is 3. The van der Waals surface area contributed by atoms with Crippen molar-refractivity contribution >= 4 is 9.84 Å². The maximum Gasteiger partial charge on any atom is 0.435 e. The smallest absolute Gasteiger partial charge is 0.223 e. The zero-order valence-electron chi connectivity index (χ0n) is 17.6. The molecule has 0 amide bonds. The lowest BCUT2D eigenvalue weighted by atomic mass is 9.83. The van der Waals surface area contributed by atoms with Gasteiger partial charge in [0.15, 0.2) is 9.84 Å². The fraction of sp³-hybridized carbons (Fsp3) is 0.478. The van der Waals surface area contributed by atoms with Gasteiger partial charge in [0.2, 0.25) is 0 Å². The van der Waals surface area contributed by atoms with Gasteiger partial charge in [-0.3, -0.25) is 0 Å². The van der Waals surface area contributed by atoms with Crippen molar-refractivity contribution in [3.8, 4) is 0 Å². The predicted octanol–water partition coefficient (Wildman–Crippen LogP) is 6.92. The zero-order valence-corrected chi connectivity index (χ0v) is 18.4. The van der Waals surface area contributed by atoms with E-state index in [1.807, 2.05) is 0 Å². The highest BCUT2D eigenvalue weighted by Crippen LogP contribution is 2.58. The highest BCUT2D eigenvalue weighted by molar-refractivity contribution is 7.92. The molecule has 2 atom stereocenters. The van der Waals surface area contributed by atoms with Crippen molar-refractivity contribution in [2.45, 2.75) is 66.2 Å². The van der Waals surface area contributed by atoms with Gasteiger partial charge in [-0.1, -0.05) is 24.6 Å². The third kappa shape index (κ3) is 3.45. The van der Waals surface area contributed by atoms with Gasteiger partial charge in [-0.2, -0.15) is 26.3 Å². The summed E-state index contributed by atoms with van der Waals surface area (Å²) in [4.78, 5) is -0.192. The first kappa shape index (κ1) is 24.9. The highest BCUT2D eigenvalue weighted by Gasteiger charge is 2.73. The number of alkyl halides is 7. The first-order valence-corrected chi connectivity index (χ1v) is 12.1. The molecule has 0 bridgehead atoms. The summed E-state index contributed by atoms with van der Waals surface area (Å²) in [6.07, 6.45) is -10.8. The Morgan fingerprint density at radius 1 is 0.824 bits per heavy atom. The van der Waals surface area contributed by atoms with E-state index in [1.165, 1.54) is 0 Å². The molecule has 186 valence electrons. The summed E-state index contributed by atoms with van der Waals surface area (Å²) in [7, 11) is -4.22. The molecule has 1 saturated carbocycles. The van der Waals surface area contributed by atoms with E-state index >= 15 is 0 Å². The third-order valence-corrected chi connectivity index (χ3v) is 9.71. The molecule has 0 unspecified atom stereocenters. The van der Waals surface area contributed by atoms with E-state index in [0.717, 1.165) is 30.3 Å². The van der Waals surface area contributed by atoms with Crippen LogP contribution in [0.5, 0.6) is 0 Å². The van der Waals surface area contributed by atoms with Gasteiger partial charge in [0.1, 0.15) is 10.6 Å². The van der Waals surface area contributed by atoms with Crippen LogP contribution in [0.2, 0.25) is 0 Å². The number of benzene rings is 2. The molecule has 0 N–H and O–H groups in total. The van der Waals surface area contributed by atoms with E-state index in [1.54, 1.807) is 0 Å². The Morgan fingerprint density at radius 3 is 2.00 bits per heavy atom. The van der Waals surface area contributed by atoms with E-state index in [-0.39, 0.29) is 28.9 Å². The van der Waals surface area contributed by atoms with Gasteiger partial charge in [-0.15, -0.1) is 0 Å². The SMILES string of the molecule is O=S(=O)(c1ccc(F)cc1)[C@@]12CCC[C@@H]1CCCc1cc(C(F)(C(F)(F)F)C(F)(F)F)ccc12. The second-order valence-corrected chi connectivity index (χ2v) is 11.1. The van der Waals surface area contributed by atoms with Crippen LogP contribution in [-0.4, -0.2) is 20.8 Å². The van der Waals surface area contributed by atoms with Crippen LogP contribution in [0.15, 0.2) is 47.4 Å². The van der Waals surface area contributed by atoms with Crippen LogP contribution in [0, 0.1) is 11.7 Å². The van der Waals surface area contributed by atoms with E-state index < -0.39 is 49.9 Å². The Labute approximate surface area is 190 Å². The van der Waals surface area contributed by atoms with Gasteiger partial charge in [-0.05, 0) is 73.4 Å². The Kier molecular flexibility index (Phi) is 5.81. The summed E-state index contributed by atoms with van der Waals surface area (Å²) >= 11 is 0. The Balaban J connectivity index is 1.95. The van der Waals surface area contributed by atoms with E-state index in [9.17, 15) is 43.5 Å². The summed E-state index contributed by atoms with van der Waals surface area (Å²) in [6, 6.07) is 5.93. The predicted molar refractivity (Wildman–Crippen MR) is 107 cm³/mol. The quantitative estimate of drug-likeness (QED) is 0.331. The van der Waals surface area contributed by atoms with Crippen LogP contribution < -0.4 is 0 Å². The minimum absolute atomic E-state index is 0.00611. The fourth-order valence-corrected chi connectivity index (χ4v) is 8.05. The van der Waals surface area contributed by atoms with E-state index in [4.69, 9.17) is 0 Å². The van der Waals surface area contributed by atoms with Crippen LogP contribution in [0.3, 0.4) is 0 Å². The van der Waals surface area contributed by atoms with Crippen molar-refractivity contribution in [3.05, 3.63) is 65.0 Å². The molecule has 1 fully saturated rings. The molecule has 11 heteroatoms. The standard InChI is InChI=1S/C23H20F8O2S/c24-17-7-9-18(10-8-17)34(32,33)20-12-2-5-15(20)4-1-3-14-13-16(6-11-19(14)20)21(25,22(26,27)28)23(29,30)31/h6-11,13,15H,1-5,12H2/t15-,20-/m0/s1. The minimum atomic E-state index is -6.27. The molecule has 2 aliphatic carbocycles. The number of aryl methyl sites for hydroxylation is 1. The van der Waals surface area contributed by atoms with Gasteiger partial charge < -0.3 is 0 Å². The van der Waals surface area contributed by atoms with Crippen LogP contribution in [0.4, 0.5) is 35.1 Å². The van der Waals surface area contributed by atoms with Crippen LogP contribution in [0.25, 0.3) is 0 Å². The average Bonchev–Trinajstić information content (AvgIpc) is 3.10. The summed E-state index contributed by atoms with van der Waals surface area (Å²) in [5.41, 5.74) is -7.19. The average molecular weight is 512 g/mol. The number of fused-ring (bicyclic) bond motifs is 3. The lowest BCUT2D eigenvalue weighted by Crippen LogP contribution is -2.50. The summed E-state index contributed by atoms with van der Waals surface area (Å²) in [6.45, 7) is 0. The molecule has 2 aromatic carbocycles. The van der Waals surface area contributed by atoms with Gasteiger partial charge >= 0.3 is 18.0 Å². The molecular formula is C23H20F8O2S. The van der Waals surface area contributed by atoms with Gasteiger partial charge in [-0.25, -0.2) is 17.2 Å². The normalized spacial score (nSPS) is 23.8. The molecule has 2 nitrogen and oxygen atoms in total. The summed E-state index contributed by atoms with van der Waals surface area (Å²) in [5, 5.41) is 0. The molecular weight excluding hydrogens is 492 g/mol. The molecule has 2 aliphatic rings. The molecule has 0 spiro atoms. The maximum absolute atomic E-state index is 14.7. The largest absolute Gasteiger partial charge is 0.435 e. The fourth-order valence-electron chi connectivity index (χ4n) is 5.56. The Hall–Kier alpha value is -2.17. The minimum Gasteiger partial charge on any atom is -0.223 e. The first-order valence-electron chi connectivity index (χ1n) is 10.6. The van der Waals surface area contributed by atoms with Crippen molar-refractivity contribution < 1.29 is 43.5 Å². The molecule has 34 heavy (non-hydrogen) atoms. The molecule has 0 radical (unpaired) electrons. The van der Waals surface area contributed by atoms with Gasteiger partial charge in [0.25, 0.3) is 0 Å². The topological polar surface area (TPSA) is 34.1 Å². The number of sulfone groups is 1. The van der Waals surface area contributed by atoms with Crippen LogP contribution in [0.1, 0.15) is 48.8 Å². The first-order chi connectivity index (χ1) is 15.7. The van der Waals surface area contributed by atoms with Crippen molar-refractivity contribution in [2.75, 3.05) is 0 Å². The number of halogens is 8. The molecule has 4 rings (SSSR count). The van der Waals surface area contributed by atoms with Crippen molar-refractivity contribution in [2.24, 2.45) is 5.92 Å². The lowest BCUT2D eigenvalue weighted by Gasteiger charge is -2.36. The second kappa shape index (κ2) is 7.93. The molecule has 2 aromatic rings. The summed E-state index contributed by atoms with van der Waals surface area (Å²) in [5.74, 6) is -1.10. The zero-order chi connectivity index (χ0) is 25.2. The molecule has 0 saturated heterocycles. The summed E-state index contributed by atoms with van der Waals surface area (Å²) < 4.78 is 134. The van der Waals surface area contributed by atoms with Crippen molar-refractivity contribution in [1.29, 1.82) is 0 Å². The molecule has 0 aromatic heterocycles. The Bertz CT molecular complexity index is 1170. The monoisotopic (exact) mass is 512 g/mol. The maximum atomic E-state index is 14.7. The molecule has 0 heterocycles. The third-order valence-electron chi connectivity index (χ3n) is 7.10. The lowest BCUT2D eigenvalue weighted by molar-refractivity contribution is -0.348. The van der Waals surface area contributed by atoms with E-state index in [0.29, 0.717) is 37.8 Å². The number of hydrogen-bond donors (Lipinski definition) is 0.